The number of hydrogen-bond donors (Lipinski definition) is 2. The zero-order valence-corrected chi connectivity index (χ0v) is 16.6. The molecule has 0 aliphatic carbocycles. The maximum atomic E-state index is 6.12. The summed E-state index contributed by atoms with van der Waals surface area (Å²) in [6.07, 6.45) is 0.872. The zero-order chi connectivity index (χ0) is 19.9. The topological polar surface area (TPSA) is 81.3 Å². The van der Waals surface area contributed by atoms with Crippen molar-refractivity contribution in [2.24, 2.45) is 10.7 Å². The maximum absolute atomic E-state index is 6.12. The summed E-state index contributed by atoms with van der Waals surface area (Å²) in [6.45, 7) is 1.83. The van der Waals surface area contributed by atoms with E-state index >= 15 is 0 Å². The van der Waals surface area contributed by atoms with Gasteiger partial charge >= 0.3 is 0 Å². The fraction of sp³-hybridized carbons (Fsp3) is 0.381. The highest BCUT2D eigenvalue weighted by molar-refractivity contribution is 5.92. The monoisotopic (exact) mass is 384 g/mol. The van der Waals surface area contributed by atoms with E-state index in [2.05, 4.69) is 21.3 Å². The van der Waals surface area contributed by atoms with Gasteiger partial charge in [0.15, 0.2) is 17.5 Å². The molecule has 3 rings (SSSR count). The Hall–Kier alpha value is -2.93. The van der Waals surface area contributed by atoms with Crippen LogP contribution in [0.3, 0.4) is 0 Å². The van der Waals surface area contributed by atoms with Crippen LogP contribution in [-0.2, 0) is 0 Å². The minimum Gasteiger partial charge on any atom is -0.497 e. The van der Waals surface area contributed by atoms with Gasteiger partial charge in [0.2, 0.25) is 0 Å². The van der Waals surface area contributed by atoms with Gasteiger partial charge in [-0.3, -0.25) is 4.99 Å². The highest BCUT2D eigenvalue weighted by Crippen LogP contribution is 2.32. The second-order valence-electron chi connectivity index (χ2n) is 6.82. The molecule has 0 fully saturated rings. The molecule has 28 heavy (non-hydrogen) atoms. The van der Waals surface area contributed by atoms with Crippen LogP contribution in [0, 0.1) is 0 Å². The molecule has 1 unspecified atom stereocenters. The molecule has 0 amide bonds. The third-order valence-corrected chi connectivity index (χ3v) is 4.56. The van der Waals surface area contributed by atoms with Gasteiger partial charge in [-0.15, -0.1) is 0 Å². The summed E-state index contributed by atoms with van der Waals surface area (Å²) in [5.74, 6) is 2.65. The molecular formula is C21H28N4O3. The van der Waals surface area contributed by atoms with Crippen LogP contribution in [0.25, 0.3) is 0 Å². The average molecular weight is 384 g/mol. The molecule has 1 aliphatic heterocycles. The average Bonchev–Trinajstić information content (AvgIpc) is 2.93. The Morgan fingerprint density at radius 1 is 1.18 bits per heavy atom. The first kappa shape index (κ1) is 19.8. The van der Waals surface area contributed by atoms with Crippen molar-refractivity contribution in [1.29, 1.82) is 0 Å². The quantitative estimate of drug-likeness (QED) is 0.589. The van der Waals surface area contributed by atoms with E-state index < -0.39 is 0 Å². The minimum absolute atomic E-state index is 0.0826. The number of ether oxygens (including phenoxy) is 3. The maximum Gasteiger partial charge on any atom is 0.193 e. The van der Waals surface area contributed by atoms with Gasteiger partial charge in [-0.1, -0.05) is 12.1 Å². The largest absolute Gasteiger partial charge is 0.497 e. The molecule has 2 aromatic carbocycles. The van der Waals surface area contributed by atoms with E-state index in [0.717, 1.165) is 34.9 Å². The molecule has 7 nitrogen and oxygen atoms in total. The van der Waals surface area contributed by atoms with Gasteiger partial charge in [-0.2, -0.15) is 0 Å². The van der Waals surface area contributed by atoms with E-state index in [1.807, 2.05) is 50.5 Å². The molecule has 0 saturated carbocycles. The smallest absolute Gasteiger partial charge is 0.193 e. The number of guanidine groups is 1. The van der Waals surface area contributed by atoms with Crippen molar-refractivity contribution in [3.05, 3.63) is 48.0 Å². The van der Waals surface area contributed by atoms with Gasteiger partial charge in [0.1, 0.15) is 5.75 Å². The Kier molecular flexibility index (Phi) is 6.60. The van der Waals surface area contributed by atoms with Crippen molar-refractivity contribution >= 4 is 11.6 Å². The lowest BCUT2D eigenvalue weighted by molar-refractivity contribution is 0.297. The highest BCUT2D eigenvalue weighted by Gasteiger charge is 2.15. The van der Waals surface area contributed by atoms with Crippen molar-refractivity contribution < 1.29 is 14.2 Å². The third-order valence-electron chi connectivity index (χ3n) is 4.56. The number of nitrogens with zero attached hydrogens (tertiary/aromatic N) is 2. The predicted octanol–water partition coefficient (Wildman–Crippen LogP) is 2.89. The standard InChI is InChI=1S/C21H28N4O3/c1-25(2)18(15-6-4-7-17(12-15)26-3)14-23-21(22)24-16-8-9-19-20(13-16)28-11-5-10-27-19/h4,6-9,12-13,18H,5,10-11,14H2,1-3H3,(H3,22,23,24). The predicted molar refractivity (Wildman–Crippen MR) is 112 cm³/mol. The van der Waals surface area contributed by atoms with Crippen LogP contribution < -0.4 is 25.3 Å². The Bertz CT molecular complexity index is 823. The summed E-state index contributed by atoms with van der Waals surface area (Å²) in [5.41, 5.74) is 8.05. The van der Waals surface area contributed by atoms with Crippen LogP contribution in [-0.4, -0.2) is 51.8 Å². The summed E-state index contributed by atoms with van der Waals surface area (Å²) >= 11 is 0. The fourth-order valence-electron chi connectivity index (χ4n) is 3.03. The Morgan fingerprint density at radius 3 is 2.71 bits per heavy atom. The first-order valence-corrected chi connectivity index (χ1v) is 9.34. The molecule has 1 heterocycles. The second kappa shape index (κ2) is 9.32. The molecule has 7 heteroatoms. The van der Waals surface area contributed by atoms with Crippen molar-refractivity contribution in [1.82, 2.24) is 4.90 Å². The van der Waals surface area contributed by atoms with E-state index in [9.17, 15) is 0 Å². The van der Waals surface area contributed by atoms with E-state index in [1.54, 1.807) is 7.11 Å². The minimum atomic E-state index is 0.0826. The van der Waals surface area contributed by atoms with Gasteiger partial charge in [0.05, 0.1) is 32.9 Å². The summed E-state index contributed by atoms with van der Waals surface area (Å²) in [6, 6.07) is 13.8. The molecule has 150 valence electrons. The van der Waals surface area contributed by atoms with Gasteiger partial charge < -0.3 is 30.2 Å². The normalized spacial score (nSPS) is 15.1. The number of likely N-dealkylation sites (N-methyl/N-ethyl adjacent to an activating group) is 1. The second-order valence-corrected chi connectivity index (χ2v) is 6.82. The third kappa shape index (κ3) is 5.07. The van der Waals surface area contributed by atoms with Crippen molar-refractivity contribution in [2.75, 3.05) is 46.3 Å². The molecule has 0 aromatic heterocycles. The summed E-state index contributed by atoms with van der Waals surface area (Å²) < 4.78 is 16.7. The van der Waals surface area contributed by atoms with Gasteiger partial charge in [-0.25, -0.2) is 0 Å². The molecule has 3 N–H and O–H groups in total. The molecule has 1 aliphatic rings. The molecule has 0 radical (unpaired) electrons. The lowest BCUT2D eigenvalue weighted by Gasteiger charge is -2.23. The number of nitrogens with two attached hydrogens (primary N) is 1. The van der Waals surface area contributed by atoms with Crippen LogP contribution in [0.5, 0.6) is 17.2 Å². The number of rotatable bonds is 6. The molecule has 2 aromatic rings. The van der Waals surface area contributed by atoms with Crippen LogP contribution in [0.2, 0.25) is 0 Å². The Labute approximate surface area is 166 Å². The summed E-state index contributed by atoms with van der Waals surface area (Å²) in [5, 5.41) is 3.13. The molecule has 0 saturated heterocycles. The first-order valence-electron chi connectivity index (χ1n) is 9.34. The molecule has 0 spiro atoms. The number of nitrogens with one attached hydrogen (secondary N) is 1. The van der Waals surface area contributed by atoms with Crippen LogP contribution >= 0.6 is 0 Å². The molecule has 0 bridgehead atoms. The number of hydrogen-bond acceptors (Lipinski definition) is 5. The molecular weight excluding hydrogens is 356 g/mol. The number of benzene rings is 2. The number of aliphatic imine (C=N–C) groups is 1. The number of anilines is 1. The zero-order valence-electron chi connectivity index (χ0n) is 16.6. The van der Waals surface area contributed by atoms with Crippen LogP contribution in [0.1, 0.15) is 18.0 Å². The Balaban J connectivity index is 1.69. The van der Waals surface area contributed by atoms with Crippen molar-refractivity contribution in [2.45, 2.75) is 12.5 Å². The van der Waals surface area contributed by atoms with Gasteiger partial charge in [0, 0.05) is 18.2 Å². The lowest BCUT2D eigenvalue weighted by atomic mass is 10.1. The fourth-order valence-corrected chi connectivity index (χ4v) is 3.03. The summed E-state index contributed by atoms with van der Waals surface area (Å²) in [7, 11) is 5.71. The van der Waals surface area contributed by atoms with Gasteiger partial charge in [-0.05, 0) is 43.9 Å². The Morgan fingerprint density at radius 2 is 1.96 bits per heavy atom. The number of fused-ring (bicyclic) bond motifs is 1. The number of methoxy groups -OCH3 is 1. The molecule has 1 atom stereocenters. The van der Waals surface area contributed by atoms with E-state index in [1.165, 1.54) is 0 Å². The van der Waals surface area contributed by atoms with Crippen LogP contribution in [0.15, 0.2) is 47.5 Å². The highest BCUT2D eigenvalue weighted by atomic mass is 16.5. The van der Waals surface area contributed by atoms with Crippen LogP contribution in [0.4, 0.5) is 5.69 Å². The van der Waals surface area contributed by atoms with Crippen molar-refractivity contribution in [3.8, 4) is 17.2 Å². The van der Waals surface area contributed by atoms with E-state index in [4.69, 9.17) is 19.9 Å². The first-order chi connectivity index (χ1) is 13.6. The lowest BCUT2D eigenvalue weighted by Crippen LogP contribution is -2.27. The van der Waals surface area contributed by atoms with E-state index in [-0.39, 0.29) is 6.04 Å². The van der Waals surface area contributed by atoms with E-state index in [0.29, 0.717) is 25.7 Å². The van der Waals surface area contributed by atoms with Crippen molar-refractivity contribution in [3.63, 3.8) is 0 Å². The van der Waals surface area contributed by atoms with Gasteiger partial charge in [0.25, 0.3) is 0 Å². The summed E-state index contributed by atoms with van der Waals surface area (Å²) in [4.78, 5) is 6.64. The SMILES string of the molecule is COc1cccc(C(CN=C(N)Nc2ccc3c(c2)OCCCO3)N(C)C)c1.